The van der Waals surface area contributed by atoms with E-state index in [-0.39, 0.29) is 10.6 Å². The van der Waals surface area contributed by atoms with E-state index in [4.69, 9.17) is 9.47 Å². The maximum absolute atomic E-state index is 13.8. The molecule has 0 aliphatic rings. The predicted octanol–water partition coefficient (Wildman–Crippen LogP) is 4.88. The second-order valence-corrected chi connectivity index (χ2v) is 8.94. The number of aryl methyl sites for hydroxylation is 1. The zero-order valence-electron chi connectivity index (χ0n) is 18.2. The monoisotopic (exact) mass is 456 g/mol. The number of benzene rings is 3. The number of hydrogen-bond acceptors (Lipinski definition) is 6. The van der Waals surface area contributed by atoms with Crippen LogP contribution < -0.4 is 13.8 Å². The van der Waals surface area contributed by atoms with Gasteiger partial charge in [-0.1, -0.05) is 24.3 Å². The van der Waals surface area contributed by atoms with Gasteiger partial charge >= 0.3 is 0 Å². The molecule has 1 atom stereocenters. The standard InChI is InChI=1S/C23H24N2O6S/c1-16-7-5-6-8-21(16)17(2)24(19-11-14-22(30-3)23(15-19)31-4)32(28,29)20-12-9-18(10-13-20)25(26)27/h5-15,17H,1-4H3/t17-/m0/s1. The summed E-state index contributed by atoms with van der Waals surface area (Å²) in [6.45, 7) is 3.71. The topological polar surface area (TPSA) is 99.0 Å². The van der Waals surface area contributed by atoms with Gasteiger partial charge in [-0.05, 0) is 49.2 Å². The molecule has 0 saturated heterocycles. The quantitative estimate of drug-likeness (QED) is 0.354. The number of non-ortho nitro benzene ring substituents is 1. The van der Waals surface area contributed by atoms with Crippen molar-refractivity contribution in [3.05, 3.63) is 88.0 Å². The molecule has 3 aromatic carbocycles. The number of nitrogens with zero attached hydrogens (tertiary/aromatic N) is 2. The minimum atomic E-state index is -4.09. The fraction of sp³-hybridized carbons (Fsp3) is 0.217. The fourth-order valence-corrected chi connectivity index (χ4v) is 5.20. The van der Waals surface area contributed by atoms with E-state index in [9.17, 15) is 18.5 Å². The molecule has 0 fully saturated rings. The summed E-state index contributed by atoms with van der Waals surface area (Å²) in [5.41, 5.74) is 1.95. The molecule has 32 heavy (non-hydrogen) atoms. The van der Waals surface area contributed by atoms with Crippen molar-refractivity contribution in [3.8, 4) is 11.5 Å². The van der Waals surface area contributed by atoms with Gasteiger partial charge in [0.25, 0.3) is 15.7 Å². The SMILES string of the molecule is COc1ccc(N([C@@H](C)c2ccccc2C)S(=O)(=O)c2ccc([N+](=O)[O-])cc2)cc1OC. The van der Waals surface area contributed by atoms with E-state index in [2.05, 4.69) is 0 Å². The average molecular weight is 457 g/mol. The third-order valence-corrected chi connectivity index (χ3v) is 7.13. The summed E-state index contributed by atoms with van der Waals surface area (Å²) in [5, 5.41) is 11.0. The predicted molar refractivity (Wildman–Crippen MR) is 122 cm³/mol. The van der Waals surface area contributed by atoms with E-state index in [1.54, 1.807) is 25.1 Å². The van der Waals surface area contributed by atoms with E-state index < -0.39 is 21.0 Å². The Bertz CT molecular complexity index is 1230. The van der Waals surface area contributed by atoms with Crippen molar-refractivity contribution in [2.45, 2.75) is 24.8 Å². The summed E-state index contributed by atoms with van der Waals surface area (Å²) in [6, 6.07) is 16.7. The lowest BCUT2D eigenvalue weighted by Crippen LogP contribution is -2.34. The number of nitro benzene ring substituents is 1. The molecule has 0 radical (unpaired) electrons. The summed E-state index contributed by atoms with van der Waals surface area (Å²) in [5.74, 6) is 0.846. The Labute approximate surface area is 187 Å². The van der Waals surface area contributed by atoms with Crippen LogP contribution in [0, 0.1) is 17.0 Å². The van der Waals surface area contributed by atoms with Crippen LogP contribution in [0.3, 0.4) is 0 Å². The van der Waals surface area contributed by atoms with Crippen LogP contribution >= 0.6 is 0 Å². The first-order valence-corrected chi connectivity index (χ1v) is 11.2. The highest BCUT2D eigenvalue weighted by molar-refractivity contribution is 7.92. The summed E-state index contributed by atoms with van der Waals surface area (Å²) in [6.07, 6.45) is 0. The third kappa shape index (κ3) is 4.38. The molecule has 9 heteroatoms. The van der Waals surface area contributed by atoms with Gasteiger partial charge in [0.15, 0.2) is 11.5 Å². The highest BCUT2D eigenvalue weighted by Crippen LogP contribution is 2.39. The molecule has 0 aliphatic heterocycles. The lowest BCUT2D eigenvalue weighted by Gasteiger charge is -2.32. The molecule has 168 valence electrons. The van der Waals surface area contributed by atoms with Crippen molar-refractivity contribution < 1.29 is 22.8 Å². The summed E-state index contributed by atoms with van der Waals surface area (Å²) < 4.78 is 39.5. The van der Waals surface area contributed by atoms with Crippen molar-refractivity contribution in [1.82, 2.24) is 0 Å². The minimum absolute atomic E-state index is 0.0571. The van der Waals surface area contributed by atoms with Crippen molar-refractivity contribution in [2.75, 3.05) is 18.5 Å². The normalized spacial score (nSPS) is 12.1. The van der Waals surface area contributed by atoms with E-state index >= 15 is 0 Å². The Kier molecular flexibility index (Phi) is 6.69. The first-order chi connectivity index (χ1) is 15.2. The van der Waals surface area contributed by atoms with E-state index in [0.717, 1.165) is 11.1 Å². The van der Waals surface area contributed by atoms with Crippen LogP contribution in [-0.2, 0) is 10.0 Å². The molecule has 3 aromatic rings. The van der Waals surface area contributed by atoms with Crippen molar-refractivity contribution in [2.24, 2.45) is 0 Å². The zero-order valence-corrected chi connectivity index (χ0v) is 19.0. The van der Waals surface area contributed by atoms with Crippen LogP contribution in [0.15, 0.2) is 71.6 Å². The number of nitro groups is 1. The van der Waals surface area contributed by atoms with Gasteiger partial charge in [0.1, 0.15) is 0 Å². The van der Waals surface area contributed by atoms with Gasteiger partial charge in [-0.2, -0.15) is 0 Å². The molecule has 0 spiro atoms. The number of rotatable bonds is 8. The summed E-state index contributed by atoms with van der Waals surface area (Å²) >= 11 is 0. The lowest BCUT2D eigenvalue weighted by atomic mass is 10.0. The highest BCUT2D eigenvalue weighted by Gasteiger charge is 2.32. The first kappa shape index (κ1) is 23.1. The number of sulfonamides is 1. The molecule has 0 saturated carbocycles. The molecule has 0 heterocycles. The van der Waals surface area contributed by atoms with Crippen LogP contribution in [0.25, 0.3) is 0 Å². The number of anilines is 1. The Balaban J connectivity index is 2.20. The lowest BCUT2D eigenvalue weighted by molar-refractivity contribution is -0.384. The van der Waals surface area contributed by atoms with Crippen LogP contribution in [-0.4, -0.2) is 27.6 Å². The van der Waals surface area contributed by atoms with E-state index in [0.29, 0.717) is 17.2 Å². The van der Waals surface area contributed by atoms with Crippen LogP contribution in [0.1, 0.15) is 24.1 Å². The van der Waals surface area contributed by atoms with Gasteiger partial charge in [0, 0.05) is 18.2 Å². The molecule has 0 amide bonds. The van der Waals surface area contributed by atoms with Gasteiger partial charge in [-0.25, -0.2) is 8.42 Å². The van der Waals surface area contributed by atoms with Gasteiger partial charge in [-0.15, -0.1) is 0 Å². The molecular formula is C23H24N2O6S. The molecule has 0 aliphatic carbocycles. The second-order valence-electron chi connectivity index (χ2n) is 7.12. The Morgan fingerprint density at radius 3 is 2.12 bits per heavy atom. The van der Waals surface area contributed by atoms with Gasteiger partial charge in [-0.3, -0.25) is 14.4 Å². The van der Waals surface area contributed by atoms with Crippen molar-refractivity contribution >= 4 is 21.4 Å². The maximum atomic E-state index is 13.8. The highest BCUT2D eigenvalue weighted by atomic mass is 32.2. The molecule has 3 rings (SSSR count). The van der Waals surface area contributed by atoms with Crippen LogP contribution in [0.4, 0.5) is 11.4 Å². The van der Waals surface area contributed by atoms with E-state index in [1.165, 1.54) is 42.8 Å². The second kappa shape index (κ2) is 9.27. The maximum Gasteiger partial charge on any atom is 0.269 e. The molecule has 8 nitrogen and oxygen atoms in total. The first-order valence-electron chi connectivity index (χ1n) is 9.77. The third-order valence-electron chi connectivity index (χ3n) is 5.22. The number of hydrogen-bond donors (Lipinski definition) is 0. The molecule has 0 bridgehead atoms. The molecule has 0 unspecified atom stereocenters. The summed E-state index contributed by atoms with van der Waals surface area (Å²) in [4.78, 5) is 10.4. The Morgan fingerprint density at radius 2 is 1.56 bits per heavy atom. The van der Waals surface area contributed by atoms with Crippen molar-refractivity contribution in [3.63, 3.8) is 0 Å². The van der Waals surface area contributed by atoms with E-state index in [1.807, 2.05) is 31.2 Å². The number of ether oxygens (including phenoxy) is 2. The van der Waals surface area contributed by atoms with Gasteiger partial charge in [0.05, 0.1) is 35.8 Å². The Hall–Kier alpha value is -3.59. The van der Waals surface area contributed by atoms with Crippen LogP contribution in [0.5, 0.6) is 11.5 Å². The fourth-order valence-electron chi connectivity index (χ4n) is 3.57. The molecule has 0 N–H and O–H groups in total. The van der Waals surface area contributed by atoms with Crippen molar-refractivity contribution in [1.29, 1.82) is 0 Å². The smallest absolute Gasteiger partial charge is 0.269 e. The van der Waals surface area contributed by atoms with Gasteiger partial charge in [0.2, 0.25) is 0 Å². The molecule has 0 aromatic heterocycles. The largest absolute Gasteiger partial charge is 0.493 e. The van der Waals surface area contributed by atoms with Gasteiger partial charge < -0.3 is 9.47 Å². The van der Waals surface area contributed by atoms with Crippen LogP contribution in [0.2, 0.25) is 0 Å². The minimum Gasteiger partial charge on any atom is -0.493 e. The zero-order chi connectivity index (χ0) is 23.5. The average Bonchev–Trinajstić information content (AvgIpc) is 2.79. The molecular weight excluding hydrogens is 432 g/mol. The summed E-state index contributed by atoms with van der Waals surface area (Å²) in [7, 11) is -1.12. The Morgan fingerprint density at radius 1 is 0.938 bits per heavy atom. The number of methoxy groups -OCH3 is 2.